The lowest BCUT2D eigenvalue weighted by atomic mass is 9.95. The van der Waals surface area contributed by atoms with Crippen molar-refractivity contribution in [1.29, 1.82) is 0 Å². The summed E-state index contributed by atoms with van der Waals surface area (Å²) in [5, 5.41) is 3.26. The van der Waals surface area contributed by atoms with Crippen molar-refractivity contribution < 1.29 is 4.39 Å². The summed E-state index contributed by atoms with van der Waals surface area (Å²) >= 11 is 0. The Balaban J connectivity index is 1.91. The van der Waals surface area contributed by atoms with Crippen molar-refractivity contribution in [2.75, 3.05) is 7.05 Å². The first kappa shape index (κ1) is 12.5. The molecule has 1 saturated carbocycles. The second-order valence-electron chi connectivity index (χ2n) is 5.01. The molecule has 94 valence electrons. The van der Waals surface area contributed by atoms with E-state index in [0.29, 0.717) is 0 Å². The van der Waals surface area contributed by atoms with Gasteiger partial charge in [-0.3, -0.25) is 4.98 Å². The van der Waals surface area contributed by atoms with Crippen LogP contribution in [0.3, 0.4) is 0 Å². The number of hydrogen-bond acceptors (Lipinski definition) is 2. The highest BCUT2D eigenvalue weighted by atomic mass is 19.1. The molecule has 17 heavy (non-hydrogen) atoms. The molecule has 1 aliphatic rings. The SMILES string of the molecule is CNC(CCC1CCCC1)c1cncc(F)c1. The van der Waals surface area contributed by atoms with Gasteiger partial charge in [-0.05, 0) is 37.4 Å². The fraction of sp³-hybridized carbons (Fsp3) is 0.643. The largest absolute Gasteiger partial charge is 0.313 e. The van der Waals surface area contributed by atoms with E-state index in [-0.39, 0.29) is 11.9 Å². The quantitative estimate of drug-likeness (QED) is 0.847. The summed E-state index contributed by atoms with van der Waals surface area (Å²) < 4.78 is 13.1. The zero-order chi connectivity index (χ0) is 12.1. The van der Waals surface area contributed by atoms with Crippen LogP contribution in [0.2, 0.25) is 0 Å². The molecular weight excluding hydrogens is 215 g/mol. The zero-order valence-electron chi connectivity index (χ0n) is 10.5. The van der Waals surface area contributed by atoms with Crippen molar-refractivity contribution in [3.05, 3.63) is 29.8 Å². The van der Waals surface area contributed by atoms with Gasteiger partial charge in [-0.15, -0.1) is 0 Å². The monoisotopic (exact) mass is 236 g/mol. The molecule has 1 heterocycles. The molecule has 1 fully saturated rings. The van der Waals surface area contributed by atoms with Crippen molar-refractivity contribution in [2.45, 2.75) is 44.6 Å². The van der Waals surface area contributed by atoms with E-state index in [1.165, 1.54) is 38.3 Å². The van der Waals surface area contributed by atoms with Crippen molar-refractivity contribution in [2.24, 2.45) is 5.92 Å². The van der Waals surface area contributed by atoms with Crippen LogP contribution in [0.15, 0.2) is 18.5 Å². The molecule has 0 saturated heterocycles. The molecule has 0 aromatic carbocycles. The van der Waals surface area contributed by atoms with E-state index in [1.807, 2.05) is 7.05 Å². The number of halogens is 1. The number of nitrogens with one attached hydrogen (secondary N) is 1. The van der Waals surface area contributed by atoms with Gasteiger partial charge >= 0.3 is 0 Å². The fourth-order valence-corrected chi connectivity index (χ4v) is 2.80. The van der Waals surface area contributed by atoms with Gasteiger partial charge in [0.15, 0.2) is 0 Å². The third-order valence-electron chi connectivity index (χ3n) is 3.82. The van der Waals surface area contributed by atoms with E-state index in [1.54, 1.807) is 12.3 Å². The maximum absolute atomic E-state index is 13.1. The van der Waals surface area contributed by atoms with Crippen LogP contribution >= 0.6 is 0 Å². The molecule has 1 atom stereocenters. The molecule has 1 aromatic rings. The molecule has 3 heteroatoms. The molecule has 2 nitrogen and oxygen atoms in total. The summed E-state index contributed by atoms with van der Waals surface area (Å²) in [5.74, 6) is 0.635. The molecular formula is C14H21FN2. The molecule has 0 bridgehead atoms. The van der Waals surface area contributed by atoms with Crippen LogP contribution in [0, 0.1) is 11.7 Å². The van der Waals surface area contributed by atoms with Gasteiger partial charge in [0.2, 0.25) is 0 Å². The number of nitrogens with zero attached hydrogens (tertiary/aromatic N) is 1. The molecule has 0 aliphatic heterocycles. The maximum Gasteiger partial charge on any atom is 0.141 e. The summed E-state index contributed by atoms with van der Waals surface area (Å²) in [6.07, 6.45) is 10.9. The third-order valence-corrected chi connectivity index (χ3v) is 3.82. The van der Waals surface area contributed by atoms with Crippen LogP contribution in [0.1, 0.15) is 50.1 Å². The number of rotatable bonds is 5. The first-order valence-electron chi connectivity index (χ1n) is 6.57. The van der Waals surface area contributed by atoms with Gasteiger partial charge < -0.3 is 5.32 Å². The van der Waals surface area contributed by atoms with Gasteiger partial charge in [0.25, 0.3) is 0 Å². The predicted octanol–water partition coefficient (Wildman–Crippen LogP) is 3.45. The predicted molar refractivity (Wildman–Crippen MR) is 67.2 cm³/mol. The van der Waals surface area contributed by atoms with E-state index >= 15 is 0 Å². The van der Waals surface area contributed by atoms with Crippen LogP contribution in [0.5, 0.6) is 0 Å². The summed E-state index contributed by atoms with van der Waals surface area (Å²) in [7, 11) is 1.93. The molecule has 0 amide bonds. The van der Waals surface area contributed by atoms with E-state index in [4.69, 9.17) is 0 Å². The van der Waals surface area contributed by atoms with E-state index in [0.717, 1.165) is 17.9 Å². The second-order valence-corrected chi connectivity index (χ2v) is 5.01. The van der Waals surface area contributed by atoms with E-state index < -0.39 is 0 Å². The minimum atomic E-state index is -0.247. The summed E-state index contributed by atoms with van der Waals surface area (Å²) in [6.45, 7) is 0. The van der Waals surface area contributed by atoms with Crippen molar-refractivity contribution in [3.63, 3.8) is 0 Å². The minimum absolute atomic E-state index is 0.235. The Bertz CT molecular complexity index is 348. The van der Waals surface area contributed by atoms with E-state index in [9.17, 15) is 4.39 Å². The first-order chi connectivity index (χ1) is 8.29. The Hall–Kier alpha value is -0.960. The molecule has 1 unspecified atom stereocenters. The third kappa shape index (κ3) is 3.50. The highest BCUT2D eigenvalue weighted by Crippen LogP contribution is 2.31. The molecule has 2 rings (SSSR count). The van der Waals surface area contributed by atoms with Crippen molar-refractivity contribution >= 4 is 0 Å². The summed E-state index contributed by atoms with van der Waals surface area (Å²) in [4.78, 5) is 3.92. The summed E-state index contributed by atoms with van der Waals surface area (Å²) in [6, 6.07) is 1.82. The van der Waals surface area contributed by atoms with Gasteiger partial charge in [0.05, 0.1) is 6.20 Å². The Morgan fingerprint density at radius 2 is 2.18 bits per heavy atom. The van der Waals surface area contributed by atoms with Gasteiger partial charge in [-0.1, -0.05) is 25.7 Å². The van der Waals surface area contributed by atoms with Crippen LogP contribution in [0.25, 0.3) is 0 Å². The Morgan fingerprint density at radius 1 is 1.41 bits per heavy atom. The van der Waals surface area contributed by atoms with Gasteiger partial charge in [-0.2, -0.15) is 0 Å². The van der Waals surface area contributed by atoms with Gasteiger partial charge in [-0.25, -0.2) is 4.39 Å². The maximum atomic E-state index is 13.1. The summed E-state index contributed by atoms with van der Waals surface area (Å²) in [5.41, 5.74) is 0.963. The van der Waals surface area contributed by atoms with Crippen LogP contribution in [-0.2, 0) is 0 Å². The van der Waals surface area contributed by atoms with E-state index in [2.05, 4.69) is 10.3 Å². The molecule has 0 radical (unpaired) electrons. The topological polar surface area (TPSA) is 24.9 Å². The lowest BCUT2D eigenvalue weighted by molar-refractivity contribution is 0.426. The lowest BCUT2D eigenvalue weighted by Gasteiger charge is -2.18. The first-order valence-corrected chi connectivity index (χ1v) is 6.57. The lowest BCUT2D eigenvalue weighted by Crippen LogP contribution is -2.17. The van der Waals surface area contributed by atoms with Gasteiger partial charge in [0, 0.05) is 12.2 Å². The highest BCUT2D eigenvalue weighted by Gasteiger charge is 2.17. The second kappa shape index (κ2) is 6.10. The fourth-order valence-electron chi connectivity index (χ4n) is 2.80. The van der Waals surface area contributed by atoms with Crippen LogP contribution in [-0.4, -0.2) is 12.0 Å². The smallest absolute Gasteiger partial charge is 0.141 e. The molecule has 0 spiro atoms. The Morgan fingerprint density at radius 3 is 2.82 bits per heavy atom. The molecule has 1 N–H and O–H groups in total. The normalized spacial score (nSPS) is 18.5. The zero-order valence-corrected chi connectivity index (χ0v) is 10.5. The van der Waals surface area contributed by atoms with Crippen LogP contribution in [0.4, 0.5) is 4.39 Å². The number of aromatic nitrogens is 1. The molecule has 1 aromatic heterocycles. The van der Waals surface area contributed by atoms with Crippen molar-refractivity contribution in [1.82, 2.24) is 10.3 Å². The minimum Gasteiger partial charge on any atom is -0.313 e. The average molecular weight is 236 g/mol. The number of pyridine rings is 1. The standard InChI is InChI=1S/C14H21FN2/c1-16-14(7-6-11-4-2-3-5-11)12-8-13(15)10-17-9-12/h8-11,14,16H,2-7H2,1H3. The molecule has 1 aliphatic carbocycles. The Kier molecular flexibility index (Phi) is 4.49. The van der Waals surface area contributed by atoms with Crippen LogP contribution < -0.4 is 5.32 Å². The van der Waals surface area contributed by atoms with Crippen molar-refractivity contribution in [3.8, 4) is 0 Å². The number of hydrogen-bond donors (Lipinski definition) is 1. The average Bonchev–Trinajstić information content (AvgIpc) is 2.83. The highest BCUT2D eigenvalue weighted by molar-refractivity contribution is 5.14. The van der Waals surface area contributed by atoms with Gasteiger partial charge in [0.1, 0.15) is 5.82 Å². The Labute approximate surface area is 103 Å².